The van der Waals surface area contributed by atoms with E-state index in [9.17, 15) is 18.0 Å². The lowest BCUT2D eigenvalue weighted by Gasteiger charge is -2.14. The number of nitrogens with zero attached hydrogens (tertiary/aromatic N) is 1. The van der Waals surface area contributed by atoms with Gasteiger partial charge in [-0.3, -0.25) is 14.5 Å². The number of primary sulfonamides is 1. The fourth-order valence-electron chi connectivity index (χ4n) is 2.92. The van der Waals surface area contributed by atoms with E-state index in [2.05, 4.69) is 5.32 Å². The van der Waals surface area contributed by atoms with E-state index in [-0.39, 0.29) is 29.7 Å². The van der Waals surface area contributed by atoms with Crippen molar-refractivity contribution in [2.24, 2.45) is 5.14 Å². The number of thioether (sulfide) groups is 1. The second-order valence-corrected chi connectivity index (χ2v) is 10.2. The maximum atomic E-state index is 12.7. The monoisotopic (exact) mass is 487 g/mol. The minimum Gasteiger partial charge on any atom is -0.326 e. The summed E-state index contributed by atoms with van der Waals surface area (Å²) >= 11 is 6.52. The highest BCUT2D eigenvalue weighted by atomic mass is 32.2. The molecule has 1 aliphatic rings. The van der Waals surface area contributed by atoms with Crippen LogP contribution in [-0.4, -0.2) is 36.0 Å². The second kappa shape index (κ2) is 10.2. The summed E-state index contributed by atoms with van der Waals surface area (Å²) < 4.78 is 23.0. The molecular weight excluding hydrogens is 466 g/mol. The molecule has 1 fully saturated rings. The van der Waals surface area contributed by atoms with Crippen LogP contribution in [0.3, 0.4) is 0 Å². The number of allylic oxidation sites excluding steroid dienone is 2. The summed E-state index contributed by atoms with van der Waals surface area (Å²) in [4.78, 5) is 26.9. The van der Waals surface area contributed by atoms with E-state index < -0.39 is 10.0 Å². The van der Waals surface area contributed by atoms with E-state index >= 15 is 0 Å². The molecule has 0 radical (unpaired) electrons. The standard InChI is InChI=1S/C22H21N3O4S3/c1-15(13-16-5-3-2-4-6-16)14-19-21(27)25(22(30)31-19)12-11-20(26)24-17-7-9-18(10-8-17)32(23,28)29/h2-10,13-14H,11-12H2,1H3,(H,24,26)(H2,23,28,29)/b15-13+,19-14-. The van der Waals surface area contributed by atoms with Gasteiger partial charge in [0.05, 0.1) is 9.80 Å². The van der Waals surface area contributed by atoms with Crippen LogP contribution in [-0.2, 0) is 19.6 Å². The van der Waals surface area contributed by atoms with Crippen molar-refractivity contribution in [1.29, 1.82) is 0 Å². The van der Waals surface area contributed by atoms with Gasteiger partial charge in [0.25, 0.3) is 5.91 Å². The van der Waals surface area contributed by atoms with Crippen LogP contribution in [0, 0.1) is 0 Å². The largest absolute Gasteiger partial charge is 0.326 e. The Morgan fingerprint density at radius 2 is 1.81 bits per heavy atom. The van der Waals surface area contributed by atoms with Crippen molar-refractivity contribution in [2.75, 3.05) is 11.9 Å². The molecule has 0 aliphatic carbocycles. The Balaban J connectivity index is 1.58. The van der Waals surface area contributed by atoms with Crippen LogP contribution >= 0.6 is 24.0 Å². The van der Waals surface area contributed by atoms with Gasteiger partial charge in [0.15, 0.2) is 0 Å². The van der Waals surface area contributed by atoms with Crippen molar-refractivity contribution in [3.8, 4) is 0 Å². The lowest BCUT2D eigenvalue weighted by molar-refractivity contribution is -0.122. The summed E-state index contributed by atoms with van der Waals surface area (Å²) in [6, 6.07) is 15.3. The van der Waals surface area contributed by atoms with E-state index in [1.165, 1.54) is 40.9 Å². The van der Waals surface area contributed by atoms with Gasteiger partial charge in [0, 0.05) is 18.7 Å². The molecule has 0 spiro atoms. The number of benzene rings is 2. The molecule has 7 nitrogen and oxygen atoms in total. The lowest BCUT2D eigenvalue weighted by atomic mass is 10.1. The van der Waals surface area contributed by atoms with Gasteiger partial charge in [-0.1, -0.05) is 60.4 Å². The second-order valence-electron chi connectivity index (χ2n) is 7.00. The highest BCUT2D eigenvalue weighted by molar-refractivity contribution is 8.26. The smallest absolute Gasteiger partial charge is 0.266 e. The average molecular weight is 488 g/mol. The molecule has 166 valence electrons. The fraction of sp³-hybridized carbons (Fsp3) is 0.136. The summed E-state index contributed by atoms with van der Waals surface area (Å²) in [6.45, 7) is 2.05. The Kier molecular flexibility index (Phi) is 7.62. The Hall–Kier alpha value is -2.79. The van der Waals surface area contributed by atoms with Crippen LogP contribution in [0.15, 0.2) is 76.0 Å². The molecule has 2 aromatic carbocycles. The number of hydrogen-bond acceptors (Lipinski definition) is 6. The first-order valence-electron chi connectivity index (χ1n) is 9.55. The van der Waals surface area contributed by atoms with Crippen LogP contribution < -0.4 is 10.5 Å². The third-order valence-electron chi connectivity index (χ3n) is 4.46. The van der Waals surface area contributed by atoms with Crippen molar-refractivity contribution in [3.63, 3.8) is 0 Å². The van der Waals surface area contributed by atoms with Gasteiger partial charge in [0.2, 0.25) is 15.9 Å². The van der Waals surface area contributed by atoms with E-state index in [1.807, 2.05) is 43.3 Å². The third-order valence-corrected chi connectivity index (χ3v) is 6.76. The number of amides is 2. The zero-order chi connectivity index (χ0) is 23.3. The van der Waals surface area contributed by atoms with Crippen molar-refractivity contribution < 1.29 is 18.0 Å². The maximum Gasteiger partial charge on any atom is 0.266 e. The predicted molar refractivity (Wildman–Crippen MR) is 131 cm³/mol. The van der Waals surface area contributed by atoms with Gasteiger partial charge in [0.1, 0.15) is 4.32 Å². The normalized spacial score (nSPS) is 16.0. The van der Waals surface area contributed by atoms with Gasteiger partial charge in [-0.25, -0.2) is 13.6 Å². The molecule has 0 aromatic heterocycles. The Morgan fingerprint density at radius 3 is 2.44 bits per heavy atom. The first kappa shape index (κ1) is 23.9. The predicted octanol–water partition coefficient (Wildman–Crippen LogP) is 3.51. The van der Waals surface area contributed by atoms with Crippen LogP contribution in [0.2, 0.25) is 0 Å². The molecule has 1 aliphatic heterocycles. The number of nitrogens with two attached hydrogens (primary N) is 1. The minimum absolute atomic E-state index is 0.0372. The number of hydrogen-bond donors (Lipinski definition) is 2. The first-order valence-corrected chi connectivity index (χ1v) is 12.3. The molecule has 0 bridgehead atoms. The molecule has 32 heavy (non-hydrogen) atoms. The lowest BCUT2D eigenvalue weighted by Crippen LogP contribution is -2.31. The molecule has 10 heteroatoms. The third kappa shape index (κ3) is 6.36. The highest BCUT2D eigenvalue weighted by Crippen LogP contribution is 2.32. The Bertz CT molecular complexity index is 1200. The van der Waals surface area contributed by atoms with Crippen LogP contribution in [0.1, 0.15) is 18.9 Å². The molecule has 1 heterocycles. The Labute approximate surface area is 196 Å². The fourth-order valence-corrected chi connectivity index (χ4v) is 4.79. The van der Waals surface area contributed by atoms with Crippen molar-refractivity contribution >= 4 is 61.9 Å². The maximum absolute atomic E-state index is 12.7. The van der Waals surface area contributed by atoms with E-state index in [0.717, 1.165) is 11.1 Å². The number of anilines is 1. The van der Waals surface area contributed by atoms with Crippen LogP contribution in [0.5, 0.6) is 0 Å². The van der Waals surface area contributed by atoms with E-state index in [1.54, 1.807) is 6.08 Å². The molecule has 0 saturated carbocycles. The van der Waals surface area contributed by atoms with Crippen molar-refractivity contribution in [1.82, 2.24) is 4.90 Å². The minimum atomic E-state index is -3.80. The SMILES string of the molecule is CC(/C=C1\SC(=S)N(CCC(=O)Nc2ccc(S(N)(=O)=O)cc2)C1=O)=C\c1ccccc1. The summed E-state index contributed by atoms with van der Waals surface area (Å²) in [5.41, 5.74) is 2.37. The highest BCUT2D eigenvalue weighted by Gasteiger charge is 2.32. The number of thiocarbonyl (C=S) groups is 1. The zero-order valence-electron chi connectivity index (χ0n) is 17.1. The van der Waals surface area contributed by atoms with Gasteiger partial charge in [-0.05, 0) is 48.4 Å². The molecular formula is C22H21N3O4S3. The van der Waals surface area contributed by atoms with Crippen LogP contribution in [0.4, 0.5) is 5.69 Å². The molecule has 0 unspecified atom stereocenters. The van der Waals surface area contributed by atoms with E-state index in [0.29, 0.717) is 14.9 Å². The van der Waals surface area contributed by atoms with Gasteiger partial charge < -0.3 is 5.32 Å². The topological polar surface area (TPSA) is 110 Å². The van der Waals surface area contributed by atoms with Crippen molar-refractivity contribution in [2.45, 2.75) is 18.2 Å². The van der Waals surface area contributed by atoms with E-state index in [4.69, 9.17) is 17.4 Å². The summed E-state index contributed by atoms with van der Waals surface area (Å²) in [5.74, 6) is -0.558. The summed E-state index contributed by atoms with van der Waals surface area (Å²) in [5, 5.41) is 7.72. The number of carbonyl (C=O) groups is 2. The molecule has 0 atom stereocenters. The molecule has 3 N–H and O–H groups in total. The van der Waals surface area contributed by atoms with Gasteiger partial charge >= 0.3 is 0 Å². The Morgan fingerprint density at radius 1 is 1.16 bits per heavy atom. The zero-order valence-corrected chi connectivity index (χ0v) is 19.6. The number of sulfonamides is 1. The summed E-state index contributed by atoms with van der Waals surface area (Å²) in [7, 11) is -3.80. The van der Waals surface area contributed by atoms with Gasteiger partial charge in [-0.2, -0.15) is 0 Å². The number of rotatable bonds is 7. The number of carbonyl (C=O) groups excluding carboxylic acids is 2. The molecule has 3 rings (SSSR count). The first-order chi connectivity index (χ1) is 15.1. The number of nitrogens with one attached hydrogen (secondary N) is 1. The molecule has 2 amide bonds. The van der Waals surface area contributed by atoms with Crippen molar-refractivity contribution in [3.05, 3.63) is 76.7 Å². The van der Waals surface area contributed by atoms with Crippen LogP contribution in [0.25, 0.3) is 6.08 Å². The quantitative estimate of drug-likeness (QED) is 0.457. The van der Waals surface area contributed by atoms with Gasteiger partial charge in [-0.15, -0.1) is 0 Å². The molecule has 1 saturated heterocycles. The molecule has 2 aromatic rings. The summed E-state index contributed by atoms with van der Waals surface area (Å²) in [6.07, 6.45) is 3.80. The average Bonchev–Trinajstić information content (AvgIpc) is 2.99.